The number of aryl methyl sites for hydroxylation is 1. The Bertz CT molecular complexity index is 1130. The Morgan fingerprint density at radius 2 is 1.63 bits per heavy atom. The quantitative estimate of drug-likeness (QED) is 0.592. The minimum absolute atomic E-state index is 0.126. The predicted octanol–water partition coefficient (Wildman–Crippen LogP) is 4.30. The molecule has 0 radical (unpaired) electrons. The van der Waals surface area contributed by atoms with Gasteiger partial charge in [-0.1, -0.05) is 30.3 Å². The van der Waals surface area contributed by atoms with Crippen LogP contribution in [0.1, 0.15) is 34.5 Å². The summed E-state index contributed by atoms with van der Waals surface area (Å²) in [6, 6.07) is 20.5. The van der Waals surface area contributed by atoms with E-state index in [1.165, 1.54) is 19.2 Å². The van der Waals surface area contributed by atoms with E-state index >= 15 is 0 Å². The number of anilines is 1. The number of amides is 1. The molecule has 3 aromatic rings. The van der Waals surface area contributed by atoms with Gasteiger partial charge in [-0.25, -0.2) is 8.42 Å². The van der Waals surface area contributed by atoms with Crippen molar-refractivity contribution in [2.75, 3.05) is 11.8 Å². The molecule has 0 heterocycles. The average Bonchev–Trinajstić information content (AvgIpc) is 2.75. The van der Waals surface area contributed by atoms with Crippen molar-refractivity contribution in [1.29, 1.82) is 0 Å². The molecule has 3 rings (SSSR count). The van der Waals surface area contributed by atoms with Crippen LogP contribution in [0.3, 0.4) is 0 Å². The summed E-state index contributed by atoms with van der Waals surface area (Å²) in [6.45, 7) is 3.67. The summed E-state index contributed by atoms with van der Waals surface area (Å²) < 4.78 is 32.9. The average molecular weight is 425 g/mol. The molecule has 7 heteroatoms. The molecule has 0 bridgehead atoms. The third-order valence-electron chi connectivity index (χ3n) is 4.75. The number of ether oxygens (including phenoxy) is 1. The number of carbonyl (C=O) groups excluding carboxylic acids is 1. The maximum absolute atomic E-state index is 12.6. The Morgan fingerprint density at radius 1 is 0.967 bits per heavy atom. The highest BCUT2D eigenvalue weighted by Crippen LogP contribution is 2.23. The highest BCUT2D eigenvalue weighted by molar-refractivity contribution is 7.92. The number of sulfonamides is 1. The smallest absolute Gasteiger partial charge is 0.261 e. The first-order valence-electron chi connectivity index (χ1n) is 9.43. The summed E-state index contributed by atoms with van der Waals surface area (Å²) in [7, 11) is -2.24. The molecule has 0 unspecified atom stereocenters. The van der Waals surface area contributed by atoms with E-state index in [0.29, 0.717) is 22.6 Å². The highest BCUT2D eigenvalue weighted by Gasteiger charge is 2.17. The van der Waals surface area contributed by atoms with Crippen molar-refractivity contribution in [3.63, 3.8) is 0 Å². The van der Waals surface area contributed by atoms with Crippen molar-refractivity contribution in [2.45, 2.75) is 24.8 Å². The number of rotatable bonds is 7. The molecule has 30 heavy (non-hydrogen) atoms. The molecule has 0 spiro atoms. The third-order valence-corrected chi connectivity index (χ3v) is 6.13. The maximum Gasteiger partial charge on any atom is 0.261 e. The zero-order valence-electron chi connectivity index (χ0n) is 17.0. The van der Waals surface area contributed by atoms with Crippen molar-refractivity contribution in [2.24, 2.45) is 0 Å². The predicted molar refractivity (Wildman–Crippen MR) is 117 cm³/mol. The normalized spacial score (nSPS) is 12.1. The molecule has 3 aromatic carbocycles. The van der Waals surface area contributed by atoms with Crippen molar-refractivity contribution in [1.82, 2.24) is 5.32 Å². The van der Waals surface area contributed by atoms with E-state index in [4.69, 9.17) is 4.74 Å². The molecule has 0 aromatic heterocycles. The lowest BCUT2D eigenvalue weighted by atomic mass is 10.1. The Labute approximate surface area is 177 Å². The second kappa shape index (κ2) is 9.00. The van der Waals surface area contributed by atoms with E-state index < -0.39 is 10.0 Å². The first-order chi connectivity index (χ1) is 14.3. The number of nitrogens with one attached hydrogen (secondary N) is 2. The van der Waals surface area contributed by atoms with Crippen LogP contribution in [0.2, 0.25) is 0 Å². The Hall–Kier alpha value is -3.32. The maximum atomic E-state index is 12.6. The first kappa shape index (κ1) is 21.4. The standard InChI is InChI=1S/C23H24N2O4S/c1-16-15-19(23(26)24-17(2)18-7-5-4-6-8-18)9-14-22(16)25-30(27,28)21-12-10-20(29-3)11-13-21/h4-15,17,25H,1-3H3,(H,24,26)/t17-/m1/s1. The Morgan fingerprint density at radius 3 is 2.23 bits per heavy atom. The van der Waals surface area contributed by atoms with Crippen LogP contribution in [0.5, 0.6) is 5.75 Å². The minimum atomic E-state index is -3.76. The van der Waals surface area contributed by atoms with Crippen LogP contribution in [0.4, 0.5) is 5.69 Å². The number of carbonyl (C=O) groups is 1. The van der Waals surface area contributed by atoms with Gasteiger partial charge < -0.3 is 10.1 Å². The molecule has 1 amide bonds. The van der Waals surface area contributed by atoms with Gasteiger partial charge in [0, 0.05) is 5.56 Å². The van der Waals surface area contributed by atoms with Crippen molar-refractivity contribution < 1.29 is 17.9 Å². The minimum Gasteiger partial charge on any atom is -0.497 e. The van der Waals surface area contributed by atoms with Crippen molar-refractivity contribution in [3.05, 3.63) is 89.5 Å². The van der Waals surface area contributed by atoms with E-state index in [1.54, 1.807) is 37.3 Å². The van der Waals surface area contributed by atoms with Gasteiger partial charge in [0.25, 0.3) is 15.9 Å². The molecular formula is C23H24N2O4S. The summed E-state index contributed by atoms with van der Waals surface area (Å²) in [5.74, 6) is 0.351. The van der Waals surface area contributed by atoms with Crippen molar-refractivity contribution >= 4 is 21.6 Å². The summed E-state index contributed by atoms with van der Waals surface area (Å²) in [5.41, 5.74) is 2.53. The van der Waals surface area contributed by atoms with Gasteiger partial charge in [0.15, 0.2) is 0 Å². The molecule has 0 saturated heterocycles. The molecule has 0 fully saturated rings. The van der Waals surface area contributed by atoms with Gasteiger partial charge in [0.2, 0.25) is 0 Å². The molecular weight excluding hydrogens is 400 g/mol. The van der Waals surface area contributed by atoms with Gasteiger partial charge >= 0.3 is 0 Å². The third kappa shape index (κ3) is 4.99. The van der Waals surface area contributed by atoms with E-state index in [1.807, 2.05) is 37.3 Å². The summed E-state index contributed by atoms with van der Waals surface area (Å²) in [5, 5.41) is 2.95. The largest absolute Gasteiger partial charge is 0.497 e. The highest BCUT2D eigenvalue weighted by atomic mass is 32.2. The summed E-state index contributed by atoms with van der Waals surface area (Å²) >= 11 is 0. The summed E-state index contributed by atoms with van der Waals surface area (Å²) in [6.07, 6.45) is 0. The van der Waals surface area contributed by atoms with Crippen LogP contribution < -0.4 is 14.8 Å². The fourth-order valence-corrected chi connectivity index (χ4v) is 4.11. The molecule has 0 saturated carbocycles. The molecule has 156 valence electrons. The lowest BCUT2D eigenvalue weighted by Gasteiger charge is -2.16. The molecule has 0 aliphatic rings. The summed E-state index contributed by atoms with van der Waals surface area (Å²) in [4.78, 5) is 12.7. The lowest BCUT2D eigenvalue weighted by molar-refractivity contribution is 0.0940. The fraction of sp³-hybridized carbons (Fsp3) is 0.174. The monoisotopic (exact) mass is 424 g/mol. The SMILES string of the molecule is COc1ccc(S(=O)(=O)Nc2ccc(C(=O)N[C@H](C)c3ccccc3)cc2C)cc1. The van der Waals surface area contributed by atoms with Crippen LogP contribution in [-0.2, 0) is 10.0 Å². The van der Waals surface area contributed by atoms with E-state index in [2.05, 4.69) is 10.0 Å². The second-order valence-electron chi connectivity index (χ2n) is 6.92. The topological polar surface area (TPSA) is 84.5 Å². The lowest BCUT2D eigenvalue weighted by Crippen LogP contribution is -2.26. The first-order valence-corrected chi connectivity index (χ1v) is 10.9. The molecule has 1 atom stereocenters. The Kier molecular flexibility index (Phi) is 6.42. The number of hydrogen-bond acceptors (Lipinski definition) is 4. The number of methoxy groups -OCH3 is 1. The molecule has 2 N–H and O–H groups in total. The Balaban J connectivity index is 1.73. The van der Waals surface area contributed by atoms with Crippen LogP contribution in [0.25, 0.3) is 0 Å². The van der Waals surface area contributed by atoms with Gasteiger partial charge in [0.05, 0.1) is 23.7 Å². The molecule has 0 aliphatic carbocycles. The van der Waals surface area contributed by atoms with Gasteiger partial charge in [-0.3, -0.25) is 9.52 Å². The zero-order chi connectivity index (χ0) is 21.7. The van der Waals surface area contributed by atoms with Gasteiger partial charge in [0.1, 0.15) is 5.75 Å². The fourth-order valence-electron chi connectivity index (χ4n) is 2.98. The molecule has 0 aliphatic heterocycles. The van der Waals surface area contributed by atoms with Gasteiger partial charge in [-0.05, 0) is 67.4 Å². The van der Waals surface area contributed by atoms with E-state index in [9.17, 15) is 13.2 Å². The van der Waals surface area contributed by atoms with Gasteiger partial charge in [-0.2, -0.15) is 0 Å². The van der Waals surface area contributed by atoms with Crippen molar-refractivity contribution in [3.8, 4) is 5.75 Å². The van der Waals surface area contributed by atoms with Gasteiger partial charge in [-0.15, -0.1) is 0 Å². The molecule has 6 nitrogen and oxygen atoms in total. The number of hydrogen-bond donors (Lipinski definition) is 2. The van der Waals surface area contributed by atoms with Crippen LogP contribution in [0.15, 0.2) is 77.7 Å². The second-order valence-corrected chi connectivity index (χ2v) is 8.60. The van der Waals surface area contributed by atoms with E-state index in [0.717, 1.165) is 5.56 Å². The number of benzene rings is 3. The van der Waals surface area contributed by atoms with Crippen LogP contribution >= 0.6 is 0 Å². The van der Waals surface area contributed by atoms with Crippen LogP contribution in [0, 0.1) is 6.92 Å². The zero-order valence-corrected chi connectivity index (χ0v) is 17.9. The van der Waals surface area contributed by atoms with E-state index in [-0.39, 0.29) is 16.8 Å². The van der Waals surface area contributed by atoms with Crippen LogP contribution in [-0.4, -0.2) is 21.4 Å².